The lowest BCUT2D eigenvalue weighted by molar-refractivity contribution is -0.119. The maximum atomic E-state index is 12.6. The van der Waals surface area contributed by atoms with Crippen LogP contribution in [0.3, 0.4) is 0 Å². The number of amides is 1. The molecule has 30 heavy (non-hydrogen) atoms. The molecule has 0 radical (unpaired) electrons. The van der Waals surface area contributed by atoms with E-state index in [2.05, 4.69) is 37.4 Å². The Kier molecular flexibility index (Phi) is 8.29. The van der Waals surface area contributed by atoms with Crippen molar-refractivity contribution >= 4 is 21.6 Å². The highest BCUT2D eigenvalue weighted by atomic mass is 32.2. The number of nitrogens with zero attached hydrogens (tertiary/aromatic N) is 1. The van der Waals surface area contributed by atoms with Gasteiger partial charge in [0.05, 0.1) is 18.0 Å². The number of aryl methyl sites for hydroxylation is 2. The number of benzene rings is 2. The molecule has 2 aromatic rings. The summed E-state index contributed by atoms with van der Waals surface area (Å²) in [5, 5.41) is 2.87. The molecule has 0 aromatic heterocycles. The molecule has 164 valence electrons. The Morgan fingerprint density at radius 2 is 1.70 bits per heavy atom. The molecule has 2 rings (SSSR count). The molecule has 6 nitrogen and oxygen atoms in total. The zero-order valence-electron chi connectivity index (χ0n) is 18.4. The van der Waals surface area contributed by atoms with E-state index >= 15 is 0 Å². The van der Waals surface area contributed by atoms with Crippen molar-refractivity contribution in [2.24, 2.45) is 0 Å². The lowest BCUT2D eigenvalue weighted by Gasteiger charge is -2.22. The number of hydrogen-bond donors (Lipinski definition) is 1. The van der Waals surface area contributed by atoms with Gasteiger partial charge in [0.15, 0.2) is 0 Å². The molecule has 0 bridgehead atoms. The Morgan fingerprint density at radius 1 is 1.03 bits per heavy atom. The van der Waals surface area contributed by atoms with Crippen molar-refractivity contribution in [1.82, 2.24) is 5.32 Å². The topological polar surface area (TPSA) is 75.7 Å². The Hall–Kier alpha value is -2.54. The average Bonchev–Trinajstić information content (AvgIpc) is 2.69. The molecule has 7 heteroatoms. The molecular formula is C23H32N2O4S. The van der Waals surface area contributed by atoms with E-state index < -0.39 is 10.0 Å². The van der Waals surface area contributed by atoms with Crippen LogP contribution in [0.5, 0.6) is 5.75 Å². The SMILES string of the molecule is CCc1ccc(CC)c(CNC(=O)CN(c2ccc(OC(C)C)cc2)S(C)(=O)=O)c1. The van der Waals surface area contributed by atoms with Crippen molar-refractivity contribution in [2.75, 3.05) is 17.1 Å². The first-order valence-electron chi connectivity index (χ1n) is 10.3. The largest absolute Gasteiger partial charge is 0.491 e. The second-order valence-electron chi connectivity index (χ2n) is 7.52. The Labute approximate surface area is 180 Å². The first-order chi connectivity index (χ1) is 14.1. The molecule has 0 aliphatic carbocycles. The van der Waals surface area contributed by atoms with Crippen LogP contribution in [0.15, 0.2) is 42.5 Å². The van der Waals surface area contributed by atoms with E-state index in [9.17, 15) is 13.2 Å². The number of hydrogen-bond acceptors (Lipinski definition) is 4. The van der Waals surface area contributed by atoms with Gasteiger partial charge in [-0.2, -0.15) is 0 Å². The normalized spacial score (nSPS) is 11.4. The highest BCUT2D eigenvalue weighted by Gasteiger charge is 2.21. The third kappa shape index (κ3) is 6.76. The number of rotatable bonds is 10. The monoisotopic (exact) mass is 432 g/mol. The van der Waals surface area contributed by atoms with Gasteiger partial charge in [0, 0.05) is 6.54 Å². The fourth-order valence-corrected chi connectivity index (χ4v) is 4.01. The fourth-order valence-electron chi connectivity index (χ4n) is 3.15. The van der Waals surface area contributed by atoms with E-state index in [1.807, 2.05) is 13.8 Å². The summed E-state index contributed by atoms with van der Waals surface area (Å²) in [6.07, 6.45) is 2.91. The van der Waals surface area contributed by atoms with Gasteiger partial charge in [-0.25, -0.2) is 8.42 Å². The summed E-state index contributed by atoms with van der Waals surface area (Å²) in [7, 11) is -3.62. The predicted octanol–water partition coefficient (Wildman–Crippen LogP) is 3.68. The minimum absolute atomic E-state index is 0.0202. The van der Waals surface area contributed by atoms with Crippen molar-refractivity contribution in [1.29, 1.82) is 0 Å². The van der Waals surface area contributed by atoms with Gasteiger partial charge in [-0.15, -0.1) is 0 Å². The van der Waals surface area contributed by atoms with Crippen LogP contribution in [0, 0.1) is 0 Å². The lowest BCUT2D eigenvalue weighted by atomic mass is 10.0. The second kappa shape index (κ2) is 10.5. The summed E-state index contributed by atoms with van der Waals surface area (Å²) in [4.78, 5) is 12.6. The fraction of sp³-hybridized carbons (Fsp3) is 0.435. The van der Waals surface area contributed by atoms with E-state index in [0.29, 0.717) is 18.0 Å². The predicted molar refractivity (Wildman–Crippen MR) is 121 cm³/mol. The van der Waals surface area contributed by atoms with Crippen LogP contribution in [-0.2, 0) is 34.2 Å². The third-order valence-corrected chi connectivity index (χ3v) is 5.86. The zero-order valence-corrected chi connectivity index (χ0v) is 19.3. The van der Waals surface area contributed by atoms with Crippen LogP contribution in [0.4, 0.5) is 5.69 Å². The Bertz CT molecular complexity index is 954. The quantitative estimate of drug-likeness (QED) is 0.621. The highest BCUT2D eigenvalue weighted by Crippen LogP contribution is 2.22. The number of ether oxygens (including phenoxy) is 1. The first-order valence-corrected chi connectivity index (χ1v) is 12.1. The van der Waals surface area contributed by atoms with Crippen LogP contribution in [0.1, 0.15) is 44.4 Å². The summed E-state index contributed by atoms with van der Waals surface area (Å²) < 4.78 is 31.3. The van der Waals surface area contributed by atoms with E-state index in [-0.39, 0.29) is 18.6 Å². The summed E-state index contributed by atoms with van der Waals surface area (Å²) in [6.45, 7) is 8.09. The van der Waals surface area contributed by atoms with Gasteiger partial charge in [-0.1, -0.05) is 32.0 Å². The van der Waals surface area contributed by atoms with Gasteiger partial charge in [0.1, 0.15) is 12.3 Å². The first kappa shape index (κ1) is 23.7. The van der Waals surface area contributed by atoms with Gasteiger partial charge in [0.25, 0.3) is 0 Å². The summed E-state index contributed by atoms with van der Waals surface area (Å²) >= 11 is 0. The van der Waals surface area contributed by atoms with Crippen molar-refractivity contribution in [2.45, 2.75) is 53.2 Å². The van der Waals surface area contributed by atoms with E-state index in [0.717, 1.165) is 29.0 Å². The van der Waals surface area contributed by atoms with Gasteiger partial charge in [-0.3, -0.25) is 9.10 Å². The van der Waals surface area contributed by atoms with Crippen LogP contribution in [-0.4, -0.2) is 33.2 Å². The van der Waals surface area contributed by atoms with Crippen molar-refractivity contribution in [3.8, 4) is 5.75 Å². The van der Waals surface area contributed by atoms with E-state index in [1.165, 1.54) is 11.1 Å². The number of sulfonamides is 1. The molecule has 0 aliphatic rings. The molecule has 1 amide bonds. The molecule has 0 saturated carbocycles. The maximum absolute atomic E-state index is 12.6. The van der Waals surface area contributed by atoms with Crippen LogP contribution >= 0.6 is 0 Å². The molecule has 0 saturated heterocycles. The van der Waals surface area contributed by atoms with Gasteiger partial charge in [-0.05, 0) is 67.6 Å². The van der Waals surface area contributed by atoms with Gasteiger partial charge < -0.3 is 10.1 Å². The number of carbonyl (C=O) groups is 1. The molecule has 0 aliphatic heterocycles. The van der Waals surface area contributed by atoms with E-state index in [1.54, 1.807) is 24.3 Å². The molecule has 0 unspecified atom stereocenters. The number of anilines is 1. The smallest absolute Gasteiger partial charge is 0.241 e. The standard InChI is InChI=1S/C23H32N2O4S/c1-6-18-8-9-19(7-2)20(14-18)15-24-23(26)16-25(30(5,27)28)21-10-12-22(13-11-21)29-17(3)4/h8-14,17H,6-7,15-16H2,1-5H3,(H,24,26). The minimum atomic E-state index is -3.62. The highest BCUT2D eigenvalue weighted by molar-refractivity contribution is 7.92. The molecule has 0 fully saturated rings. The second-order valence-corrected chi connectivity index (χ2v) is 9.42. The Morgan fingerprint density at radius 3 is 2.23 bits per heavy atom. The minimum Gasteiger partial charge on any atom is -0.491 e. The molecule has 0 heterocycles. The molecule has 0 atom stereocenters. The van der Waals surface area contributed by atoms with Gasteiger partial charge >= 0.3 is 0 Å². The average molecular weight is 433 g/mol. The zero-order chi connectivity index (χ0) is 22.3. The van der Waals surface area contributed by atoms with Gasteiger partial charge in [0.2, 0.25) is 15.9 Å². The van der Waals surface area contributed by atoms with Crippen LogP contribution < -0.4 is 14.4 Å². The van der Waals surface area contributed by atoms with Crippen molar-refractivity contribution in [3.63, 3.8) is 0 Å². The van der Waals surface area contributed by atoms with Crippen LogP contribution in [0.25, 0.3) is 0 Å². The lowest BCUT2D eigenvalue weighted by Crippen LogP contribution is -2.40. The maximum Gasteiger partial charge on any atom is 0.241 e. The molecular weight excluding hydrogens is 400 g/mol. The third-order valence-electron chi connectivity index (χ3n) is 4.72. The number of nitrogens with one attached hydrogen (secondary N) is 1. The van der Waals surface area contributed by atoms with Crippen molar-refractivity contribution < 1.29 is 17.9 Å². The van der Waals surface area contributed by atoms with E-state index in [4.69, 9.17) is 4.74 Å². The summed E-state index contributed by atoms with van der Waals surface area (Å²) in [5.41, 5.74) is 3.86. The summed E-state index contributed by atoms with van der Waals surface area (Å²) in [5.74, 6) is 0.293. The molecule has 2 aromatic carbocycles. The molecule has 0 spiro atoms. The Balaban J connectivity index is 2.11. The van der Waals surface area contributed by atoms with Crippen LogP contribution in [0.2, 0.25) is 0 Å². The number of carbonyl (C=O) groups excluding carboxylic acids is 1. The molecule has 1 N–H and O–H groups in total. The van der Waals surface area contributed by atoms with Crippen molar-refractivity contribution in [3.05, 3.63) is 59.2 Å². The summed E-state index contributed by atoms with van der Waals surface area (Å²) in [6, 6.07) is 13.0.